The van der Waals surface area contributed by atoms with Gasteiger partial charge < -0.3 is 4.74 Å². The number of aliphatic imine (C=N–C) groups is 1. The lowest BCUT2D eigenvalue weighted by Crippen LogP contribution is -2.06. The third-order valence-corrected chi connectivity index (χ3v) is 3.54. The number of esters is 1. The molecule has 0 radical (unpaired) electrons. The highest BCUT2D eigenvalue weighted by atomic mass is 19.4. The van der Waals surface area contributed by atoms with Crippen LogP contribution in [0.4, 0.5) is 13.2 Å². The Bertz CT molecular complexity index is 849. The molecule has 0 bridgehead atoms. The van der Waals surface area contributed by atoms with Gasteiger partial charge in [0.1, 0.15) is 0 Å². The molecule has 1 aliphatic rings. The van der Waals surface area contributed by atoms with E-state index < -0.39 is 17.7 Å². The smallest absolute Gasteiger partial charge is 0.402 e. The van der Waals surface area contributed by atoms with Gasteiger partial charge in [-0.1, -0.05) is 30.3 Å². The minimum absolute atomic E-state index is 0.0491. The molecule has 0 saturated carbocycles. The zero-order valence-electron chi connectivity index (χ0n) is 12.6. The summed E-state index contributed by atoms with van der Waals surface area (Å²) in [7, 11) is 0. The quantitative estimate of drug-likeness (QED) is 0.606. The van der Waals surface area contributed by atoms with Crippen LogP contribution in [0.5, 0.6) is 0 Å². The van der Waals surface area contributed by atoms with Crippen molar-refractivity contribution in [2.75, 3.05) is 0 Å². The number of hydrogen-bond donors (Lipinski definition) is 0. The molecular weight excluding hydrogens is 319 g/mol. The SMILES string of the molecule is Cc1ccccc1C1=N/C(=C\c2ccc(C(F)(F)F)cc2)C(=O)O1. The lowest BCUT2D eigenvalue weighted by atomic mass is 10.1. The molecule has 0 saturated heterocycles. The molecule has 0 aliphatic carbocycles. The first kappa shape index (κ1) is 16.0. The lowest BCUT2D eigenvalue weighted by Gasteiger charge is -2.05. The molecule has 3 nitrogen and oxygen atoms in total. The summed E-state index contributed by atoms with van der Waals surface area (Å²) in [5.41, 5.74) is 1.34. The fraction of sp³-hybridized carbons (Fsp3) is 0.111. The van der Waals surface area contributed by atoms with Gasteiger partial charge in [0.15, 0.2) is 5.70 Å². The first-order valence-corrected chi connectivity index (χ1v) is 7.10. The average molecular weight is 331 g/mol. The highest BCUT2D eigenvalue weighted by molar-refractivity contribution is 6.13. The molecule has 1 aliphatic heterocycles. The van der Waals surface area contributed by atoms with Gasteiger partial charge >= 0.3 is 12.1 Å². The van der Waals surface area contributed by atoms with Gasteiger partial charge in [-0.05, 0) is 42.3 Å². The van der Waals surface area contributed by atoms with Crippen molar-refractivity contribution >= 4 is 17.9 Å². The minimum atomic E-state index is -4.39. The van der Waals surface area contributed by atoms with Gasteiger partial charge in [-0.15, -0.1) is 0 Å². The van der Waals surface area contributed by atoms with Gasteiger partial charge in [-0.25, -0.2) is 9.79 Å². The highest BCUT2D eigenvalue weighted by Crippen LogP contribution is 2.29. The fourth-order valence-electron chi connectivity index (χ4n) is 2.26. The zero-order valence-corrected chi connectivity index (χ0v) is 12.6. The van der Waals surface area contributed by atoms with E-state index in [4.69, 9.17) is 4.74 Å². The maximum atomic E-state index is 12.6. The van der Waals surface area contributed by atoms with E-state index in [2.05, 4.69) is 4.99 Å². The van der Waals surface area contributed by atoms with Gasteiger partial charge in [0.25, 0.3) is 0 Å². The van der Waals surface area contributed by atoms with Crippen molar-refractivity contribution < 1.29 is 22.7 Å². The number of nitrogens with zero attached hydrogens (tertiary/aromatic N) is 1. The second-order valence-electron chi connectivity index (χ2n) is 5.27. The largest absolute Gasteiger partial charge is 0.416 e. The third-order valence-electron chi connectivity index (χ3n) is 3.54. The standard InChI is InChI=1S/C18H12F3NO2/c1-11-4-2-3-5-14(11)16-22-15(17(23)24-16)10-12-6-8-13(9-7-12)18(19,20)21/h2-10H,1H3/b15-10-. The van der Waals surface area contributed by atoms with Crippen LogP contribution < -0.4 is 0 Å². The second-order valence-corrected chi connectivity index (χ2v) is 5.27. The molecular formula is C18H12F3NO2. The number of carbonyl (C=O) groups is 1. The van der Waals surface area contributed by atoms with Gasteiger partial charge in [-0.2, -0.15) is 13.2 Å². The molecule has 0 amide bonds. The Labute approximate surface area is 136 Å². The number of rotatable bonds is 2. The molecule has 0 unspecified atom stereocenters. The van der Waals surface area contributed by atoms with Crippen LogP contribution in [-0.2, 0) is 15.7 Å². The number of alkyl halides is 3. The molecule has 0 aromatic heterocycles. The Morgan fingerprint density at radius 2 is 1.71 bits per heavy atom. The number of cyclic esters (lactones) is 1. The normalized spacial score (nSPS) is 16.2. The van der Waals surface area contributed by atoms with Gasteiger partial charge in [0, 0.05) is 5.56 Å². The predicted molar refractivity (Wildman–Crippen MR) is 83.2 cm³/mol. The van der Waals surface area contributed by atoms with Crippen molar-refractivity contribution in [2.45, 2.75) is 13.1 Å². The zero-order chi connectivity index (χ0) is 17.3. The molecule has 122 valence electrons. The van der Waals surface area contributed by atoms with Crippen molar-refractivity contribution in [1.82, 2.24) is 0 Å². The van der Waals surface area contributed by atoms with Crippen molar-refractivity contribution in [1.29, 1.82) is 0 Å². The van der Waals surface area contributed by atoms with E-state index in [1.807, 2.05) is 19.1 Å². The third kappa shape index (κ3) is 3.22. The highest BCUT2D eigenvalue weighted by Gasteiger charge is 2.30. The van der Waals surface area contributed by atoms with Gasteiger partial charge in [0.2, 0.25) is 5.90 Å². The maximum absolute atomic E-state index is 12.6. The van der Waals surface area contributed by atoms with Crippen LogP contribution >= 0.6 is 0 Å². The maximum Gasteiger partial charge on any atom is 0.416 e. The molecule has 0 N–H and O–H groups in total. The molecule has 1 heterocycles. The number of benzene rings is 2. The average Bonchev–Trinajstić information content (AvgIpc) is 2.88. The van der Waals surface area contributed by atoms with Crippen molar-refractivity contribution in [3.05, 3.63) is 76.5 Å². The van der Waals surface area contributed by atoms with Crippen LogP contribution in [0.3, 0.4) is 0 Å². The van der Waals surface area contributed by atoms with E-state index in [1.165, 1.54) is 18.2 Å². The van der Waals surface area contributed by atoms with Crippen LogP contribution in [-0.4, -0.2) is 11.9 Å². The molecule has 0 fully saturated rings. The van der Waals surface area contributed by atoms with Crippen molar-refractivity contribution in [3.63, 3.8) is 0 Å². The van der Waals surface area contributed by atoms with E-state index in [-0.39, 0.29) is 11.6 Å². The number of hydrogen-bond acceptors (Lipinski definition) is 3. The number of aryl methyl sites for hydroxylation is 1. The molecule has 6 heteroatoms. The fourth-order valence-corrected chi connectivity index (χ4v) is 2.26. The summed E-state index contributed by atoms with van der Waals surface area (Å²) in [5, 5.41) is 0. The Morgan fingerprint density at radius 1 is 1.04 bits per heavy atom. The van der Waals surface area contributed by atoms with E-state index in [1.54, 1.807) is 12.1 Å². The van der Waals surface area contributed by atoms with Gasteiger partial charge in [0.05, 0.1) is 5.56 Å². The van der Waals surface area contributed by atoms with Crippen LogP contribution in [0, 0.1) is 6.92 Å². The molecule has 3 rings (SSSR count). The molecule has 24 heavy (non-hydrogen) atoms. The van der Waals surface area contributed by atoms with Crippen LogP contribution in [0.1, 0.15) is 22.3 Å². The van der Waals surface area contributed by atoms with Crippen LogP contribution in [0.25, 0.3) is 6.08 Å². The summed E-state index contributed by atoms with van der Waals surface area (Å²) in [6.07, 6.45) is -3.00. The summed E-state index contributed by atoms with van der Waals surface area (Å²) in [6, 6.07) is 11.8. The summed E-state index contributed by atoms with van der Waals surface area (Å²) >= 11 is 0. The van der Waals surface area contributed by atoms with Gasteiger partial charge in [-0.3, -0.25) is 0 Å². The molecule has 0 atom stereocenters. The first-order valence-electron chi connectivity index (χ1n) is 7.10. The summed E-state index contributed by atoms with van der Waals surface area (Å²) in [6.45, 7) is 1.86. The Balaban J connectivity index is 1.90. The minimum Gasteiger partial charge on any atom is -0.402 e. The summed E-state index contributed by atoms with van der Waals surface area (Å²) in [5.74, 6) is -0.440. The first-order chi connectivity index (χ1) is 11.3. The monoisotopic (exact) mass is 331 g/mol. The lowest BCUT2D eigenvalue weighted by molar-refractivity contribution is -0.137. The van der Waals surface area contributed by atoms with E-state index in [9.17, 15) is 18.0 Å². The van der Waals surface area contributed by atoms with Crippen LogP contribution in [0.2, 0.25) is 0 Å². The number of halogens is 3. The van der Waals surface area contributed by atoms with E-state index in [0.29, 0.717) is 11.1 Å². The van der Waals surface area contributed by atoms with Crippen molar-refractivity contribution in [3.8, 4) is 0 Å². The predicted octanol–water partition coefficient (Wildman–Crippen LogP) is 4.36. The summed E-state index contributed by atoms with van der Waals surface area (Å²) in [4.78, 5) is 16.1. The second kappa shape index (κ2) is 5.96. The topological polar surface area (TPSA) is 38.7 Å². The van der Waals surface area contributed by atoms with E-state index in [0.717, 1.165) is 17.7 Å². The Morgan fingerprint density at radius 3 is 2.33 bits per heavy atom. The van der Waals surface area contributed by atoms with Crippen molar-refractivity contribution in [2.24, 2.45) is 4.99 Å². The Kier molecular flexibility index (Phi) is 3.97. The molecule has 2 aromatic carbocycles. The molecule has 2 aromatic rings. The summed E-state index contributed by atoms with van der Waals surface area (Å²) < 4.78 is 42.8. The molecule has 0 spiro atoms. The van der Waals surface area contributed by atoms with E-state index >= 15 is 0 Å². The number of ether oxygens (including phenoxy) is 1. The Hall–Kier alpha value is -2.89. The number of carbonyl (C=O) groups excluding carboxylic acids is 1. The van der Waals surface area contributed by atoms with Crippen LogP contribution in [0.15, 0.2) is 59.2 Å².